The lowest BCUT2D eigenvalue weighted by Gasteiger charge is -2.37. The number of hydrogen-bond acceptors (Lipinski definition) is 3. The van der Waals surface area contributed by atoms with Gasteiger partial charge in [0, 0.05) is 31.5 Å². The molecule has 1 aliphatic rings. The average molecular weight is 377 g/mol. The lowest BCUT2D eigenvalue weighted by atomic mass is 9.79. The van der Waals surface area contributed by atoms with Crippen LogP contribution < -0.4 is 0 Å². The number of hydrogen-bond donors (Lipinski definition) is 0. The zero-order valence-electron chi connectivity index (χ0n) is 14.6. The quantitative estimate of drug-likeness (QED) is 0.606. The molecule has 1 saturated heterocycles. The second kappa shape index (κ2) is 7.82. The Morgan fingerprint density at radius 3 is 2.44 bits per heavy atom. The van der Waals surface area contributed by atoms with Crippen LogP contribution in [-0.4, -0.2) is 30.4 Å². The third-order valence-electron chi connectivity index (χ3n) is 4.81. The second-order valence-corrected chi connectivity index (χ2v) is 6.49. The molecule has 1 fully saturated rings. The summed E-state index contributed by atoms with van der Waals surface area (Å²) in [7, 11) is 1.19. The molecule has 3 rings (SSSR count). The molecule has 1 amide bonds. The lowest BCUT2D eigenvalue weighted by Crippen LogP contribution is -2.46. The topological polar surface area (TPSA) is 46.6 Å². The van der Waals surface area contributed by atoms with Gasteiger partial charge in [-0.1, -0.05) is 30.3 Å². The maximum Gasteiger partial charge on any atom is 0.311 e. The smallest absolute Gasteiger partial charge is 0.311 e. The number of amides is 1. The van der Waals surface area contributed by atoms with Crippen molar-refractivity contribution in [2.24, 2.45) is 5.92 Å². The van der Waals surface area contributed by atoms with Gasteiger partial charge in [-0.05, 0) is 17.2 Å². The van der Waals surface area contributed by atoms with Gasteiger partial charge < -0.3 is 9.64 Å². The van der Waals surface area contributed by atoms with Crippen molar-refractivity contribution in [2.75, 3.05) is 13.7 Å². The summed E-state index contributed by atoms with van der Waals surface area (Å²) in [6.07, 6.45) is -0.200. The van der Waals surface area contributed by atoms with Gasteiger partial charge in [0.05, 0.1) is 13.0 Å². The first-order valence-corrected chi connectivity index (χ1v) is 8.44. The summed E-state index contributed by atoms with van der Waals surface area (Å²) < 4.78 is 45.9. The van der Waals surface area contributed by atoms with Gasteiger partial charge in [-0.25, -0.2) is 13.2 Å². The van der Waals surface area contributed by atoms with E-state index in [0.717, 1.165) is 5.56 Å². The van der Waals surface area contributed by atoms with Crippen LogP contribution in [0.1, 0.15) is 23.5 Å². The summed E-state index contributed by atoms with van der Waals surface area (Å²) in [6, 6.07) is 10.4. The van der Waals surface area contributed by atoms with Crippen molar-refractivity contribution in [3.05, 3.63) is 71.0 Å². The van der Waals surface area contributed by atoms with Gasteiger partial charge in [0.15, 0.2) is 11.6 Å². The Bertz CT molecular complexity index is 857. The highest BCUT2D eigenvalue weighted by Gasteiger charge is 2.41. The highest BCUT2D eigenvalue weighted by molar-refractivity contribution is 5.83. The largest absolute Gasteiger partial charge is 0.469 e. The number of esters is 1. The molecule has 1 heterocycles. The van der Waals surface area contributed by atoms with Gasteiger partial charge in [-0.3, -0.25) is 9.59 Å². The number of benzene rings is 2. The first kappa shape index (κ1) is 18.9. The fourth-order valence-electron chi connectivity index (χ4n) is 3.42. The van der Waals surface area contributed by atoms with Crippen LogP contribution in [0, 0.1) is 23.4 Å². The van der Waals surface area contributed by atoms with E-state index in [0.29, 0.717) is 18.7 Å². The van der Waals surface area contributed by atoms with E-state index in [1.165, 1.54) is 12.0 Å². The number of carbonyl (C=O) groups excluding carboxylic acids is 2. The van der Waals surface area contributed by atoms with E-state index >= 15 is 0 Å². The van der Waals surface area contributed by atoms with Crippen LogP contribution in [-0.2, 0) is 20.9 Å². The molecule has 27 heavy (non-hydrogen) atoms. The third kappa shape index (κ3) is 3.97. The Morgan fingerprint density at radius 1 is 1.11 bits per heavy atom. The lowest BCUT2D eigenvalue weighted by molar-refractivity contribution is -0.152. The SMILES string of the molecule is COC(=O)[C@H]1CN(Cc2ccccc2)C(=O)C[C@@H]1c1cc(F)c(F)cc1F. The van der Waals surface area contributed by atoms with E-state index in [2.05, 4.69) is 0 Å². The van der Waals surface area contributed by atoms with Gasteiger partial charge in [-0.2, -0.15) is 0 Å². The summed E-state index contributed by atoms with van der Waals surface area (Å²) in [5.74, 6) is -6.27. The van der Waals surface area contributed by atoms with Crippen molar-refractivity contribution in [3.8, 4) is 0 Å². The number of methoxy groups -OCH3 is 1. The molecule has 0 aromatic heterocycles. The van der Waals surface area contributed by atoms with E-state index in [9.17, 15) is 22.8 Å². The molecular weight excluding hydrogens is 359 g/mol. The number of carbonyl (C=O) groups is 2. The second-order valence-electron chi connectivity index (χ2n) is 6.49. The zero-order valence-corrected chi connectivity index (χ0v) is 14.6. The molecule has 0 spiro atoms. The normalized spacial score (nSPS) is 19.9. The average Bonchev–Trinajstić information content (AvgIpc) is 2.66. The van der Waals surface area contributed by atoms with E-state index in [4.69, 9.17) is 4.74 Å². The molecule has 0 aliphatic carbocycles. The van der Waals surface area contributed by atoms with E-state index in [1.54, 1.807) is 0 Å². The summed E-state index contributed by atoms with van der Waals surface area (Å²) in [6.45, 7) is 0.295. The molecule has 2 aromatic carbocycles. The summed E-state index contributed by atoms with van der Waals surface area (Å²) >= 11 is 0. The number of halogens is 3. The molecule has 2 atom stereocenters. The molecule has 1 aliphatic heterocycles. The minimum atomic E-state index is -1.32. The Hall–Kier alpha value is -2.83. The minimum absolute atomic E-state index is 0.00348. The van der Waals surface area contributed by atoms with Crippen LogP contribution in [0.5, 0.6) is 0 Å². The van der Waals surface area contributed by atoms with E-state index < -0.39 is 35.3 Å². The summed E-state index contributed by atoms with van der Waals surface area (Å²) in [4.78, 5) is 26.3. The molecule has 0 radical (unpaired) electrons. The molecule has 0 unspecified atom stereocenters. The van der Waals surface area contributed by atoms with Crippen LogP contribution in [0.15, 0.2) is 42.5 Å². The van der Waals surface area contributed by atoms with Gasteiger partial charge in [0.1, 0.15) is 5.82 Å². The maximum atomic E-state index is 14.2. The van der Waals surface area contributed by atoms with E-state index in [-0.39, 0.29) is 24.4 Å². The first-order chi connectivity index (χ1) is 12.9. The number of rotatable bonds is 4. The minimum Gasteiger partial charge on any atom is -0.469 e. The number of piperidine rings is 1. The molecule has 0 saturated carbocycles. The van der Waals surface area contributed by atoms with Crippen molar-refractivity contribution in [3.63, 3.8) is 0 Å². The number of nitrogens with zero attached hydrogens (tertiary/aromatic N) is 1. The van der Waals surface area contributed by atoms with Gasteiger partial charge in [-0.15, -0.1) is 0 Å². The first-order valence-electron chi connectivity index (χ1n) is 8.44. The highest BCUT2D eigenvalue weighted by atomic mass is 19.2. The molecule has 2 aromatic rings. The molecule has 0 bridgehead atoms. The van der Waals surface area contributed by atoms with Crippen LogP contribution in [0.2, 0.25) is 0 Å². The van der Waals surface area contributed by atoms with E-state index in [1.807, 2.05) is 30.3 Å². The predicted octanol–water partition coefficient (Wildman–Crippen LogP) is 3.41. The number of likely N-dealkylation sites (tertiary alicyclic amines) is 1. The molecule has 142 valence electrons. The Balaban J connectivity index is 1.91. The predicted molar refractivity (Wildman–Crippen MR) is 91.0 cm³/mol. The zero-order chi connectivity index (χ0) is 19.6. The van der Waals surface area contributed by atoms with Crippen molar-refractivity contribution in [2.45, 2.75) is 18.9 Å². The number of ether oxygens (including phenoxy) is 1. The molecular formula is C20H18F3NO3. The van der Waals surface area contributed by atoms with Gasteiger partial charge in [0.2, 0.25) is 5.91 Å². The Morgan fingerprint density at radius 2 is 1.78 bits per heavy atom. The molecule has 7 heteroatoms. The van der Waals surface area contributed by atoms with Crippen LogP contribution in [0.4, 0.5) is 13.2 Å². The van der Waals surface area contributed by atoms with Gasteiger partial charge >= 0.3 is 5.97 Å². The highest BCUT2D eigenvalue weighted by Crippen LogP contribution is 2.37. The van der Waals surface area contributed by atoms with Crippen molar-refractivity contribution >= 4 is 11.9 Å². The van der Waals surface area contributed by atoms with Crippen LogP contribution >= 0.6 is 0 Å². The van der Waals surface area contributed by atoms with Crippen LogP contribution in [0.25, 0.3) is 0 Å². The third-order valence-corrected chi connectivity index (χ3v) is 4.81. The monoisotopic (exact) mass is 377 g/mol. The van der Waals surface area contributed by atoms with Gasteiger partial charge in [0.25, 0.3) is 0 Å². The summed E-state index contributed by atoms with van der Waals surface area (Å²) in [5.41, 5.74) is 0.684. The standard InChI is InChI=1S/C20H18F3NO3/c1-27-20(26)15-11-24(10-12-5-3-2-4-6-12)19(25)8-13(15)14-7-17(22)18(23)9-16(14)21/h2-7,9,13,15H,8,10-11H2,1H3/t13-,15+/m1/s1. The van der Waals surface area contributed by atoms with Crippen molar-refractivity contribution in [1.29, 1.82) is 0 Å². The molecule has 4 nitrogen and oxygen atoms in total. The molecule has 0 N–H and O–H groups in total. The Labute approximate surface area is 154 Å². The van der Waals surface area contributed by atoms with Crippen LogP contribution in [0.3, 0.4) is 0 Å². The van der Waals surface area contributed by atoms with Crippen molar-refractivity contribution < 1.29 is 27.5 Å². The maximum absolute atomic E-state index is 14.2. The van der Waals surface area contributed by atoms with Crippen molar-refractivity contribution in [1.82, 2.24) is 4.90 Å². The fraction of sp³-hybridized carbons (Fsp3) is 0.300. The Kier molecular flexibility index (Phi) is 5.48. The fourth-order valence-corrected chi connectivity index (χ4v) is 3.42. The summed E-state index contributed by atoms with van der Waals surface area (Å²) in [5, 5.41) is 0.